The molecule has 0 spiro atoms. The second kappa shape index (κ2) is 5.19. The van der Waals surface area contributed by atoms with E-state index < -0.39 is 15.8 Å². The average molecular weight is 334 g/mol. The lowest BCUT2D eigenvalue weighted by atomic mass is 10.0. The van der Waals surface area contributed by atoms with Crippen LogP contribution >= 0.6 is 0 Å². The van der Waals surface area contributed by atoms with Gasteiger partial charge in [0.15, 0.2) is 15.5 Å². The van der Waals surface area contributed by atoms with Crippen molar-refractivity contribution in [1.82, 2.24) is 9.78 Å². The minimum Gasteiger partial charge on any atom is -0.476 e. The molecule has 0 atom stereocenters. The van der Waals surface area contributed by atoms with E-state index in [2.05, 4.69) is 5.10 Å². The van der Waals surface area contributed by atoms with Gasteiger partial charge in [-0.25, -0.2) is 13.2 Å². The van der Waals surface area contributed by atoms with Gasteiger partial charge in [-0.15, -0.1) is 0 Å². The van der Waals surface area contributed by atoms with E-state index in [1.807, 2.05) is 26.8 Å². The maximum absolute atomic E-state index is 12.6. The number of carboxylic acid groups (broad SMARTS) is 1. The van der Waals surface area contributed by atoms with Gasteiger partial charge >= 0.3 is 5.97 Å². The van der Waals surface area contributed by atoms with Crippen LogP contribution in [0.15, 0.2) is 23.1 Å². The Kier molecular flexibility index (Phi) is 3.55. The summed E-state index contributed by atoms with van der Waals surface area (Å²) in [5.74, 6) is -1.53. The molecular weight excluding hydrogens is 316 g/mol. The lowest BCUT2D eigenvalue weighted by Gasteiger charge is -2.21. The smallest absolute Gasteiger partial charge is 0.356 e. The molecule has 0 unspecified atom stereocenters. The number of fused-ring (bicyclic) bond motifs is 3. The Bertz CT molecular complexity index is 910. The average Bonchev–Trinajstić information content (AvgIpc) is 2.85. The van der Waals surface area contributed by atoms with Crippen molar-refractivity contribution in [1.29, 1.82) is 0 Å². The van der Waals surface area contributed by atoms with Crippen LogP contribution in [0.5, 0.6) is 0 Å². The van der Waals surface area contributed by atoms with Crippen molar-refractivity contribution >= 4 is 15.8 Å². The van der Waals surface area contributed by atoms with E-state index in [9.17, 15) is 18.3 Å². The highest BCUT2D eigenvalue weighted by molar-refractivity contribution is 7.90. The number of hydrogen-bond donors (Lipinski definition) is 1. The molecule has 0 saturated heterocycles. The second-order valence-corrected chi connectivity index (χ2v) is 7.92. The van der Waals surface area contributed by atoms with Gasteiger partial charge < -0.3 is 5.11 Å². The van der Waals surface area contributed by atoms with Gasteiger partial charge in [0.25, 0.3) is 0 Å². The number of aromatic carboxylic acids is 1. The largest absolute Gasteiger partial charge is 0.476 e. The number of hydrogen-bond acceptors (Lipinski definition) is 4. The minimum absolute atomic E-state index is 0.0733. The minimum atomic E-state index is -3.57. The molecule has 6 nitrogen and oxygen atoms in total. The highest BCUT2D eigenvalue weighted by atomic mass is 32.2. The Hall–Kier alpha value is -2.15. The molecule has 0 aliphatic carbocycles. The Morgan fingerprint density at radius 2 is 2.09 bits per heavy atom. The van der Waals surface area contributed by atoms with Gasteiger partial charge in [-0.3, -0.25) is 4.68 Å². The quantitative estimate of drug-likeness (QED) is 0.932. The summed E-state index contributed by atoms with van der Waals surface area (Å²) in [5.41, 5.74) is 2.27. The monoisotopic (exact) mass is 334 g/mol. The SMILES string of the molecule is CCc1ccc2c(c1)-c1c(c(C(=O)O)nn1C(C)C)CS2(=O)=O. The maximum atomic E-state index is 12.6. The van der Waals surface area contributed by atoms with Crippen molar-refractivity contribution < 1.29 is 18.3 Å². The van der Waals surface area contributed by atoms with Crippen LogP contribution in [0.3, 0.4) is 0 Å². The van der Waals surface area contributed by atoms with Gasteiger partial charge in [-0.1, -0.05) is 13.0 Å². The molecule has 3 rings (SSSR count). The summed E-state index contributed by atoms with van der Waals surface area (Å²) in [4.78, 5) is 11.7. The van der Waals surface area contributed by atoms with E-state index >= 15 is 0 Å². The normalized spacial score (nSPS) is 15.3. The van der Waals surface area contributed by atoms with Crippen LogP contribution in [-0.4, -0.2) is 29.3 Å². The van der Waals surface area contributed by atoms with Crippen molar-refractivity contribution in [3.05, 3.63) is 35.0 Å². The summed E-state index contributed by atoms with van der Waals surface area (Å²) in [5, 5.41) is 13.5. The number of sulfone groups is 1. The first-order valence-electron chi connectivity index (χ1n) is 7.47. The van der Waals surface area contributed by atoms with Crippen LogP contribution in [0.2, 0.25) is 0 Å². The van der Waals surface area contributed by atoms with E-state index in [0.717, 1.165) is 12.0 Å². The van der Waals surface area contributed by atoms with Crippen LogP contribution in [0, 0.1) is 0 Å². The van der Waals surface area contributed by atoms with Gasteiger partial charge in [-0.05, 0) is 38.0 Å². The molecule has 7 heteroatoms. The van der Waals surface area contributed by atoms with Crippen LogP contribution in [0.4, 0.5) is 0 Å². The second-order valence-electron chi connectivity index (χ2n) is 5.96. The van der Waals surface area contributed by atoms with Crippen molar-refractivity contribution in [2.45, 2.75) is 43.9 Å². The third-order valence-corrected chi connectivity index (χ3v) is 5.77. The zero-order valence-corrected chi connectivity index (χ0v) is 14.0. The summed E-state index contributed by atoms with van der Waals surface area (Å²) in [6, 6.07) is 5.17. The summed E-state index contributed by atoms with van der Waals surface area (Å²) >= 11 is 0. The number of benzene rings is 1. The molecule has 0 amide bonds. The first kappa shape index (κ1) is 15.7. The van der Waals surface area contributed by atoms with E-state index in [1.165, 1.54) is 0 Å². The maximum Gasteiger partial charge on any atom is 0.356 e. The lowest BCUT2D eigenvalue weighted by Crippen LogP contribution is -2.16. The lowest BCUT2D eigenvalue weighted by molar-refractivity contribution is 0.0688. The fourth-order valence-corrected chi connectivity index (χ4v) is 4.53. The standard InChI is InChI=1S/C16H18N2O4S/c1-4-10-5-6-13-11(7-10)15-12(8-23(13,21)22)14(16(19)20)17-18(15)9(2)3/h5-7,9H,4,8H2,1-3H3,(H,19,20). The number of carbonyl (C=O) groups is 1. The Balaban J connectivity index is 2.43. The first-order chi connectivity index (χ1) is 10.8. The zero-order chi connectivity index (χ0) is 16.9. The molecule has 23 heavy (non-hydrogen) atoms. The van der Waals surface area contributed by atoms with E-state index in [-0.39, 0.29) is 27.9 Å². The molecule has 1 N–H and O–H groups in total. The summed E-state index contributed by atoms with van der Waals surface area (Å²) in [7, 11) is -3.57. The van der Waals surface area contributed by atoms with E-state index in [0.29, 0.717) is 11.3 Å². The predicted octanol–water partition coefficient (Wildman–Crippen LogP) is 2.68. The van der Waals surface area contributed by atoms with Crippen LogP contribution < -0.4 is 0 Å². The molecule has 0 saturated carbocycles. The Labute approximate surface area is 134 Å². The van der Waals surface area contributed by atoms with E-state index in [1.54, 1.807) is 16.8 Å². The van der Waals surface area contributed by atoms with Crippen molar-refractivity contribution in [3.8, 4) is 11.3 Å². The number of aryl methyl sites for hydroxylation is 1. The number of aromatic nitrogens is 2. The zero-order valence-electron chi connectivity index (χ0n) is 13.2. The molecule has 1 aromatic carbocycles. The molecule has 0 fully saturated rings. The highest BCUT2D eigenvalue weighted by Crippen LogP contribution is 2.41. The number of nitrogens with zero attached hydrogens (tertiary/aromatic N) is 2. The van der Waals surface area contributed by atoms with Gasteiger partial charge in [0.2, 0.25) is 0 Å². The molecule has 122 valence electrons. The Morgan fingerprint density at radius 1 is 1.39 bits per heavy atom. The van der Waals surface area contributed by atoms with Crippen LogP contribution in [-0.2, 0) is 22.0 Å². The van der Waals surface area contributed by atoms with Gasteiger partial charge in [-0.2, -0.15) is 5.10 Å². The molecule has 1 aliphatic rings. The number of rotatable bonds is 3. The molecule has 2 heterocycles. The van der Waals surface area contributed by atoms with Crippen LogP contribution in [0.25, 0.3) is 11.3 Å². The van der Waals surface area contributed by atoms with Crippen LogP contribution in [0.1, 0.15) is 48.4 Å². The molecule has 1 aliphatic heterocycles. The van der Waals surface area contributed by atoms with Gasteiger partial charge in [0, 0.05) is 17.2 Å². The molecule has 0 bridgehead atoms. The molecule has 2 aromatic rings. The molecule has 1 aromatic heterocycles. The fourth-order valence-electron chi connectivity index (χ4n) is 2.96. The van der Waals surface area contributed by atoms with Gasteiger partial charge in [0.1, 0.15) is 0 Å². The summed E-state index contributed by atoms with van der Waals surface area (Å²) in [6.45, 7) is 5.78. The number of carboxylic acids is 1. The molecular formula is C16H18N2O4S. The highest BCUT2D eigenvalue weighted by Gasteiger charge is 2.36. The van der Waals surface area contributed by atoms with Crippen molar-refractivity contribution in [3.63, 3.8) is 0 Å². The summed E-state index contributed by atoms with van der Waals surface area (Å²) < 4.78 is 26.7. The van der Waals surface area contributed by atoms with Gasteiger partial charge in [0.05, 0.1) is 16.3 Å². The predicted molar refractivity (Wildman–Crippen MR) is 85.3 cm³/mol. The Morgan fingerprint density at radius 3 is 2.65 bits per heavy atom. The summed E-state index contributed by atoms with van der Waals surface area (Å²) in [6.07, 6.45) is 0.768. The topological polar surface area (TPSA) is 89.3 Å². The first-order valence-corrected chi connectivity index (χ1v) is 9.12. The van der Waals surface area contributed by atoms with Crippen molar-refractivity contribution in [2.24, 2.45) is 0 Å². The third kappa shape index (κ3) is 2.35. The van der Waals surface area contributed by atoms with E-state index in [4.69, 9.17) is 0 Å². The fraction of sp³-hybridized carbons (Fsp3) is 0.375. The third-order valence-electron chi connectivity index (χ3n) is 4.08. The molecule has 0 radical (unpaired) electrons. The van der Waals surface area contributed by atoms with Crippen molar-refractivity contribution in [2.75, 3.05) is 0 Å².